The maximum atomic E-state index is 13.7. The van der Waals surface area contributed by atoms with Crippen molar-refractivity contribution in [3.63, 3.8) is 0 Å². The van der Waals surface area contributed by atoms with Crippen molar-refractivity contribution in [1.82, 2.24) is 9.80 Å². The Morgan fingerprint density at radius 2 is 1.87 bits per heavy atom. The van der Waals surface area contributed by atoms with Gasteiger partial charge in [0.25, 0.3) is 5.91 Å². The molecule has 1 heterocycles. The zero-order valence-electron chi connectivity index (χ0n) is 13.2. The molecule has 1 aromatic rings. The molecular weight excluding hydrogens is 306 g/mol. The summed E-state index contributed by atoms with van der Waals surface area (Å²) in [6, 6.07) is 3.40. The Balaban J connectivity index is 1.88. The van der Waals surface area contributed by atoms with E-state index in [9.17, 15) is 18.7 Å². The zero-order chi connectivity index (χ0) is 16.8. The van der Waals surface area contributed by atoms with Gasteiger partial charge < -0.3 is 14.7 Å². The summed E-state index contributed by atoms with van der Waals surface area (Å²) in [5.41, 5.74) is -0.502. The van der Waals surface area contributed by atoms with E-state index in [1.807, 2.05) is 11.8 Å². The molecule has 1 aliphatic rings. The average molecular weight is 328 g/mol. The molecule has 7 heteroatoms. The van der Waals surface area contributed by atoms with E-state index in [1.54, 1.807) is 0 Å². The summed E-state index contributed by atoms with van der Waals surface area (Å²) in [5.74, 6) is -2.32. The Bertz CT molecular complexity index is 514. The number of halogens is 2. The van der Waals surface area contributed by atoms with E-state index in [0.29, 0.717) is 39.3 Å². The number of rotatable bonds is 6. The fourth-order valence-corrected chi connectivity index (χ4v) is 2.60. The van der Waals surface area contributed by atoms with Crippen molar-refractivity contribution in [2.24, 2.45) is 0 Å². The molecule has 1 amide bonds. The minimum Gasteiger partial charge on any atom is -0.389 e. The number of aliphatic hydroxyl groups is 1. The van der Waals surface area contributed by atoms with Gasteiger partial charge >= 0.3 is 0 Å². The van der Waals surface area contributed by atoms with Gasteiger partial charge in [0.1, 0.15) is 17.2 Å². The minimum atomic E-state index is -0.843. The summed E-state index contributed by atoms with van der Waals surface area (Å²) in [5, 5.41) is 9.81. The monoisotopic (exact) mass is 328 g/mol. The third-order valence-electron chi connectivity index (χ3n) is 3.82. The van der Waals surface area contributed by atoms with Crippen molar-refractivity contribution in [3.8, 4) is 0 Å². The third-order valence-corrected chi connectivity index (χ3v) is 3.82. The molecule has 5 nitrogen and oxygen atoms in total. The van der Waals surface area contributed by atoms with Crippen molar-refractivity contribution in [1.29, 1.82) is 0 Å². The standard InChI is InChI=1S/C16H22F2N2O3/c1-2-23-11-12(21)10-19-6-8-20(9-7-19)16(22)15-13(17)4-3-5-14(15)18/h3-5,12,21H,2,6-11H2,1H3/t12-/m0/s1. The SMILES string of the molecule is CCOC[C@@H](O)CN1CCN(C(=O)c2c(F)cccc2F)CC1. The molecule has 1 aromatic carbocycles. The second-order valence-electron chi connectivity index (χ2n) is 5.50. The maximum absolute atomic E-state index is 13.7. The number of amides is 1. The highest BCUT2D eigenvalue weighted by Crippen LogP contribution is 2.16. The smallest absolute Gasteiger partial charge is 0.259 e. The number of β-amino-alcohol motifs (C(OH)–C–C–N with tert-alkyl or cyclic N) is 1. The lowest BCUT2D eigenvalue weighted by Crippen LogP contribution is -2.51. The molecule has 128 valence electrons. The number of benzene rings is 1. The number of aliphatic hydroxyl groups excluding tert-OH is 1. The Hall–Kier alpha value is -1.57. The first-order valence-corrected chi connectivity index (χ1v) is 7.74. The van der Waals surface area contributed by atoms with Gasteiger partial charge in [-0.2, -0.15) is 0 Å². The van der Waals surface area contributed by atoms with Crippen LogP contribution in [-0.2, 0) is 4.74 Å². The molecule has 0 bridgehead atoms. The highest BCUT2D eigenvalue weighted by Gasteiger charge is 2.27. The number of ether oxygens (including phenoxy) is 1. The quantitative estimate of drug-likeness (QED) is 0.850. The molecule has 0 aliphatic carbocycles. The summed E-state index contributed by atoms with van der Waals surface area (Å²) in [7, 11) is 0. The molecule has 1 aliphatic heterocycles. The Kier molecular flexibility index (Phi) is 6.44. The van der Waals surface area contributed by atoms with E-state index in [2.05, 4.69) is 0 Å². The number of carbonyl (C=O) groups excluding carboxylic acids is 1. The zero-order valence-corrected chi connectivity index (χ0v) is 13.2. The number of hydrogen-bond donors (Lipinski definition) is 1. The summed E-state index contributed by atoms with van der Waals surface area (Å²) >= 11 is 0. The molecule has 2 rings (SSSR count). The lowest BCUT2D eigenvalue weighted by molar-refractivity contribution is 0.0110. The van der Waals surface area contributed by atoms with Crippen LogP contribution in [0, 0.1) is 11.6 Å². The van der Waals surface area contributed by atoms with Gasteiger partial charge in [-0.25, -0.2) is 8.78 Å². The topological polar surface area (TPSA) is 53.0 Å². The van der Waals surface area contributed by atoms with Gasteiger partial charge in [0.2, 0.25) is 0 Å². The van der Waals surface area contributed by atoms with Crippen molar-refractivity contribution in [2.45, 2.75) is 13.0 Å². The van der Waals surface area contributed by atoms with Gasteiger partial charge in [0, 0.05) is 39.3 Å². The van der Waals surface area contributed by atoms with E-state index >= 15 is 0 Å². The van der Waals surface area contributed by atoms with Crippen LogP contribution in [0.1, 0.15) is 17.3 Å². The first kappa shape index (κ1) is 17.8. The maximum Gasteiger partial charge on any atom is 0.259 e. The number of nitrogens with zero attached hydrogens (tertiary/aromatic N) is 2. The van der Waals surface area contributed by atoms with Crippen molar-refractivity contribution < 1.29 is 23.4 Å². The molecule has 1 atom stereocenters. The fourth-order valence-electron chi connectivity index (χ4n) is 2.60. The van der Waals surface area contributed by atoms with Gasteiger partial charge in [0.15, 0.2) is 0 Å². The van der Waals surface area contributed by atoms with Crippen LogP contribution in [0.25, 0.3) is 0 Å². The molecule has 0 spiro atoms. The van der Waals surface area contributed by atoms with Crippen LogP contribution in [0.4, 0.5) is 8.78 Å². The van der Waals surface area contributed by atoms with Crippen LogP contribution < -0.4 is 0 Å². The number of hydrogen-bond acceptors (Lipinski definition) is 4. The summed E-state index contributed by atoms with van der Waals surface area (Å²) in [4.78, 5) is 15.7. The van der Waals surface area contributed by atoms with Crippen LogP contribution in [0.2, 0.25) is 0 Å². The Labute approximate surface area is 134 Å². The molecule has 0 saturated carbocycles. The molecule has 0 aromatic heterocycles. The van der Waals surface area contributed by atoms with Gasteiger partial charge in [-0.1, -0.05) is 6.07 Å². The minimum absolute atomic E-state index is 0.274. The van der Waals surface area contributed by atoms with E-state index in [0.717, 1.165) is 12.1 Å². The van der Waals surface area contributed by atoms with Crippen LogP contribution in [0.5, 0.6) is 0 Å². The number of carbonyl (C=O) groups is 1. The Morgan fingerprint density at radius 3 is 2.43 bits per heavy atom. The predicted molar refractivity (Wildman–Crippen MR) is 81.2 cm³/mol. The van der Waals surface area contributed by atoms with Gasteiger partial charge in [-0.15, -0.1) is 0 Å². The first-order valence-electron chi connectivity index (χ1n) is 7.74. The van der Waals surface area contributed by atoms with Gasteiger partial charge in [0.05, 0.1) is 12.7 Å². The van der Waals surface area contributed by atoms with Crippen molar-refractivity contribution in [3.05, 3.63) is 35.4 Å². The van der Waals surface area contributed by atoms with Crippen molar-refractivity contribution >= 4 is 5.91 Å². The van der Waals surface area contributed by atoms with E-state index in [-0.39, 0.29) is 6.61 Å². The van der Waals surface area contributed by atoms with Gasteiger partial charge in [-0.3, -0.25) is 9.69 Å². The molecule has 0 radical (unpaired) electrons. The molecule has 0 unspecified atom stereocenters. The third kappa shape index (κ3) is 4.70. The molecule has 1 fully saturated rings. The largest absolute Gasteiger partial charge is 0.389 e. The number of piperazine rings is 1. The first-order chi connectivity index (χ1) is 11.0. The van der Waals surface area contributed by atoms with Crippen molar-refractivity contribution in [2.75, 3.05) is 45.9 Å². The van der Waals surface area contributed by atoms with Crippen LogP contribution in [0.15, 0.2) is 18.2 Å². The van der Waals surface area contributed by atoms with Gasteiger partial charge in [-0.05, 0) is 19.1 Å². The summed E-state index contributed by atoms with van der Waals surface area (Å²) < 4.78 is 32.5. The highest BCUT2D eigenvalue weighted by molar-refractivity contribution is 5.94. The fraction of sp³-hybridized carbons (Fsp3) is 0.562. The van der Waals surface area contributed by atoms with Crippen LogP contribution in [0.3, 0.4) is 0 Å². The second kappa shape index (κ2) is 8.33. The normalized spacial score (nSPS) is 17.3. The van der Waals surface area contributed by atoms with Crippen LogP contribution in [-0.4, -0.2) is 72.9 Å². The predicted octanol–water partition coefficient (Wildman–Crippen LogP) is 1.12. The molecule has 1 N–H and O–H groups in total. The molecule has 1 saturated heterocycles. The summed E-state index contributed by atoms with van der Waals surface area (Å²) in [6.45, 7) is 4.97. The Morgan fingerprint density at radius 1 is 1.26 bits per heavy atom. The molecule has 23 heavy (non-hydrogen) atoms. The molecular formula is C16H22F2N2O3. The second-order valence-corrected chi connectivity index (χ2v) is 5.50. The van der Waals surface area contributed by atoms with Crippen LogP contribution >= 0.6 is 0 Å². The highest BCUT2D eigenvalue weighted by atomic mass is 19.1. The summed E-state index contributed by atoms with van der Waals surface area (Å²) in [6.07, 6.45) is -0.582. The lowest BCUT2D eigenvalue weighted by Gasteiger charge is -2.35. The lowest BCUT2D eigenvalue weighted by atomic mass is 10.1. The van der Waals surface area contributed by atoms with E-state index in [1.165, 1.54) is 11.0 Å². The van der Waals surface area contributed by atoms with E-state index < -0.39 is 29.2 Å². The average Bonchev–Trinajstić information content (AvgIpc) is 2.53. The van der Waals surface area contributed by atoms with E-state index in [4.69, 9.17) is 4.74 Å².